The fraction of sp³-hybridized carbons (Fsp3) is 0.526. The van der Waals surface area contributed by atoms with Gasteiger partial charge in [0.25, 0.3) is 0 Å². The minimum Gasteiger partial charge on any atom is -0.361 e. The van der Waals surface area contributed by atoms with Crippen molar-refractivity contribution in [2.24, 2.45) is 4.99 Å². The summed E-state index contributed by atoms with van der Waals surface area (Å²) >= 11 is 0. The van der Waals surface area contributed by atoms with Crippen LogP contribution < -0.4 is 10.6 Å². The Kier molecular flexibility index (Phi) is 7.25. The summed E-state index contributed by atoms with van der Waals surface area (Å²) in [7, 11) is 1.78. The van der Waals surface area contributed by atoms with E-state index in [2.05, 4.69) is 46.3 Å². The number of hydrogen-bond donors (Lipinski definition) is 3. The second-order valence-corrected chi connectivity index (χ2v) is 6.20. The molecule has 0 radical (unpaired) electrons. The average molecular weight is 347 g/mol. The number of hydrogen-bond acceptors (Lipinski definition) is 2. The lowest BCUT2D eigenvalue weighted by Crippen LogP contribution is -2.46. The molecule has 1 atom stereocenters. The molecule has 138 valence electrons. The Bertz CT molecular complexity index is 690. The molecule has 0 fully saturated rings. The van der Waals surface area contributed by atoms with Crippen molar-refractivity contribution < 1.29 is 4.39 Å². The highest BCUT2D eigenvalue weighted by Gasteiger charge is 2.10. The van der Waals surface area contributed by atoms with Crippen LogP contribution in [0.25, 0.3) is 10.9 Å². The molecule has 0 aliphatic carbocycles. The molecule has 0 aliphatic heterocycles. The van der Waals surface area contributed by atoms with Crippen LogP contribution in [0.15, 0.2) is 29.4 Å². The normalized spacial score (nSPS) is 13.4. The van der Waals surface area contributed by atoms with Gasteiger partial charge >= 0.3 is 0 Å². The molecule has 0 spiro atoms. The van der Waals surface area contributed by atoms with Gasteiger partial charge in [-0.2, -0.15) is 0 Å². The van der Waals surface area contributed by atoms with E-state index in [-0.39, 0.29) is 5.82 Å². The van der Waals surface area contributed by atoms with Crippen molar-refractivity contribution in [3.8, 4) is 0 Å². The van der Waals surface area contributed by atoms with Crippen molar-refractivity contribution in [2.45, 2.75) is 33.2 Å². The molecule has 1 aromatic heterocycles. The Morgan fingerprint density at radius 1 is 1.28 bits per heavy atom. The molecule has 6 heteroatoms. The molecule has 1 aromatic carbocycles. The highest BCUT2D eigenvalue weighted by molar-refractivity contribution is 5.83. The Morgan fingerprint density at radius 2 is 2.04 bits per heavy atom. The van der Waals surface area contributed by atoms with Gasteiger partial charge in [0.15, 0.2) is 5.96 Å². The third kappa shape index (κ3) is 5.19. The topological polar surface area (TPSA) is 55.4 Å². The van der Waals surface area contributed by atoms with Crippen LogP contribution in [-0.4, -0.2) is 55.1 Å². The third-order valence-corrected chi connectivity index (χ3v) is 4.64. The lowest BCUT2D eigenvalue weighted by atomic mass is 10.1. The Labute approximate surface area is 149 Å². The molecule has 2 aromatic rings. The Morgan fingerprint density at radius 3 is 2.72 bits per heavy atom. The number of benzene rings is 1. The van der Waals surface area contributed by atoms with Crippen molar-refractivity contribution >= 4 is 16.9 Å². The molecule has 5 nitrogen and oxygen atoms in total. The van der Waals surface area contributed by atoms with Gasteiger partial charge in [-0.25, -0.2) is 4.39 Å². The minimum absolute atomic E-state index is 0.217. The highest BCUT2D eigenvalue weighted by Crippen LogP contribution is 2.19. The van der Waals surface area contributed by atoms with Crippen LogP contribution in [0.3, 0.4) is 0 Å². The van der Waals surface area contributed by atoms with Crippen molar-refractivity contribution in [3.63, 3.8) is 0 Å². The van der Waals surface area contributed by atoms with Gasteiger partial charge < -0.3 is 15.6 Å². The number of aromatic nitrogens is 1. The standard InChI is InChI=1S/C19H30FN5/c1-5-25(6-2)14(3)12-24-19(21-4)22-10-9-15-13-23-18-11-16(20)7-8-17(15)18/h7-8,11,13-14,23H,5-6,9-10,12H2,1-4H3,(H2,21,22,24). The lowest BCUT2D eigenvalue weighted by Gasteiger charge is -2.27. The number of aliphatic imine (C=N–C) groups is 1. The number of likely N-dealkylation sites (N-methyl/N-ethyl adjacent to an activating group) is 1. The first-order valence-electron chi connectivity index (χ1n) is 9.03. The molecule has 2 rings (SSSR count). The van der Waals surface area contributed by atoms with E-state index in [4.69, 9.17) is 0 Å². The van der Waals surface area contributed by atoms with E-state index in [0.717, 1.165) is 49.5 Å². The maximum absolute atomic E-state index is 13.2. The molecule has 1 heterocycles. The SMILES string of the molecule is CCN(CC)C(C)CNC(=NC)NCCc1c[nH]c2cc(F)ccc12. The van der Waals surface area contributed by atoms with Gasteiger partial charge in [-0.3, -0.25) is 9.89 Å². The van der Waals surface area contributed by atoms with E-state index in [1.54, 1.807) is 7.05 Å². The summed E-state index contributed by atoms with van der Waals surface area (Å²) in [6.45, 7) is 10.3. The highest BCUT2D eigenvalue weighted by atomic mass is 19.1. The first-order valence-corrected chi connectivity index (χ1v) is 9.03. The van der Waals surface area contributed by atoms with E-state index >= 15 is 0 Å². The average Bonchev–Trinajstić information content (AvgIpc) is 3.01. The van der Waals surface area contributed by atoms with Gasteiger partial charge in [0.2, 0.25) is 0 Å². The molecule has 1 unspecified atom stereocenters. The zero-order valence-electron chi connectivity index (χ0n) is 15.7. The van der Waals surface area contributed by atoms with E-state index in [0.29, 0.717) is 6.04 Å². The van der Waals surface area contributed by atoms with Gasteiger partial charge in [-0.15, -0.1) is 0 Å². The fourth-order valence-corrected chi connectivity index (χ4v) is 3.12. The molecule has 0 aliphatic rings. The van der Waals surface area contributed by atoms with Crippen LogP contribution >= 0.6 is 0 Å². The lowest BCUT2D eigenvalue weighted by molar-refractivity contribution is 0.231. The van der Waals surface area contributed by atoms with Gasteiger partial charge in [0.1, 0.15) is 5.82 Å². The number of halogens is 1. The summed E-state index contributed by atoms with van der Waals surface area (Å²) in [5, 5.41) is 7.80. The van der Waals surface area contributed by atoms with E-state index in [1.165, 1.54) is 17.7 Å². The maximum Gasteiger partial charge on any atom is 0.191 e. The summed E-state index contributed by atoms with van der Waals surface area (Å²) in [5.74, 6) is 0.593. The molecular formula is C19H30FN5. The van der Waals surface area contributed by atoms with Crippen molar-refractivity contribution in [3.05, 3.63) is 35.8 Å². The number of fused-ring (bicyclic) bond motifs is 1. The van der Waals surface area contributed by atoms with Crippen LogP contribution in [0.4, 0.5) is 4.39 Å². The predicted octanol–water partition coefficient (Wildman–Crippen LogP) is 2.74. The van der Waals surface area contributed by atoms with Crippen LogP contribution in [0.2, 0.25) is 0 Å². The molecular weight excluding hydrogens is 317 g/mol. The molecule has 0 amide bonds. The summed E-state index contributed by atoms with van der Waals surface area (Å²) in [5.41, 5.74) is 2.01. The van der Waals surface area contributed by atoms with Gasteiger partial charge in [0.05, 0.1) is 0 Å². The quantitative estimate of drug-likeness (QED) is 0.508. The summed E-state index contributed by atoms with van der Waals surface area (Å²) in [4.78, 5) is 9.82. The molecule has 0 bridgehead atoms. The number of rotatable bonds is 8. The first-order chi connectivity index (χ1) is 12.1. The monoisotopic (exact) mass is 347 g/mol. The zero-order valence-corrected chi connectivity index (χ0v) is 15.7. The summed E-state index contributed by atoms with van der Waals surface area (Å²) in [6, 6.07) is 5.32. The second kappa shape index (κ2) is 9.42. The molecule has 0 saturated heterocycles. The largest absolute Gasteiger partial charge is 0.361 e. The van der Waals surface area contributed by atoms with Crippen LogP contribution in [0.5, 0.6) is 0 Å². The van der Waals surface area contributed by atoms with Gasteiger partial charge in [0, 0.05) is 43.3 Å². The van der Waals surface area contributed by atoms with Crippen molar-refractivity contribution in [1.29, 1.82) is 0 Å². The Hall–Kier alpha value is -2.08. The molecule has 25 heavy (non-hydrogen) atoms. The maximum atomic E-state index is 13.2. The summed E-state index contributed by atoms with van der Waals surface area (Å²) < 4.78 is 13.2. The smallest absolute Gasteiger partial charge is 0.191 e. The first kappa shape index (κ1) is 19.2. The minimum atomic E-state index is -0.217. The number of nitrogens with one attached hydrogen (secondary N) is 3. The van der Waals surface area contributed by atoms with E-state index in [9.17, 15) is 4.39 Å². The van der Waals surface area contributed by atoms with Crippen molar-refractivity contribution in [1.82, 2.24) is 20.5 Å². The number of guanidine groups is 1. The van der Waals surface area contributed by atoms with E-state index in [1.807, 2.05) is 12.3 Å². The van der Waals surface area contributed by atoms with Crippen LogP contribution in [0, 0.1) is 5.82 Å². The number of nitrogens with zero attached hydrogens (tertiary/aromatic N) is 2. The van der Waals surface area contributed by atoms with Crippen LogP contribution in [0.1, 0.15) is 26.3 Å². The van der Waals surface area contributed by atoms with Crippen LogP contribution in [-0.2, 0) is 6.42 Å². The third-order valence-electron chi connectivity index (χ3n) is 4.64. The number of aromatic amines is 1. The fourth-order valence-electron chi connectivity index (χ4n) is 3.12. The second-order valence-electron chi connectivity index (χ2n) is 6.20. The number of H-pyrrole nitrogens is 1. The predicted molar refractivity (Wildman–Crippen MR) is 104 cm³/mol. The molecule has 0 saturated carbocycles. The Balaban J connectivity index is 1.82. The van der Waals surface area contributed by atoms with Gasteiger partial charge in [-0.05, 0) is 50.2 Å². The molecule has 3 N–H and O–H groups in total. The zero-order chi connectivity index (χ0) is 18.2. The summed E-state index contributed by atoms with van der Waals surface area (Å²) in [6.07, 6.45) is 2.79. The van der Waals surface area contributed by atoms with Gasteiger partial charge in [-0.1, -0.05) is 13.8 Å². The van der Waals surface area contributed by atoms with Crippen molar-refractivity contribution in [2.75, 3.05) is 33.2 Å². The van der Waals surface area contributed by atoms with E-state index < -0.39 is 0 Å².